The molecule has 0 N–H and O–H groups in total. The van der Waals surface area contributed by atoms with E-state index in [9.17, 15) is 0 Å². The molecule has 0 spiro atoms. The maximum absolute atomic E-state index is 5.82. The Balaban J connectivity index is 2.69. The summed E-state index contributed by atoms with van der Waals surface area (Å²) in [6.07, 6.45) is 4.19. The summed E-state index contributed by atoms with van der Waals surface area (Å²) in [5.74, 6) is 0. The van der Waals surface area contributed by atoms with Crippen molar-refractivity contribution in [3.05, 3.63) is 38.0 Å². The Morgan fingerprint density at radius 3 is 2.29 bits per heavy atom. The highest BCUT2D eigenvalue weighted by Gasteiger charge is 2.42. The maximum atomic E-state index is 5.82. The monoisotopic (exact) mass is 298 g/mol. The van der Waals surface area contributed by atoms with Crippen LogP contribution >= 0.6 is 0 Å². The summed E-state index contributed by atoms with van der Waals surface area (Å²) in [6, 6.07) is 0. The van der Waals surface area contributed by atoms with Crippen molar-refractivity contribution in [3.8, 4) is 0 Å². The minimum absolute atomic E-state index is 0.196. The minimum Gasteiger partial charge on any atom is -0.376 e. The van der Waals surface area contributed by atoms with Gasteiger partial charge in [-0.15, -0.1) is 19.7 Å². The summed E-state index contributed by atoms with van der Waals surface area (Å²) in [4.78, 5) is 0. The molecule has 0 aromatic heterocycles. The molecule has 0 amide bonds. The number of hydrogen-bond acceptors (Lipinski definition) is 5. The van der Waals surface area contributed by atoms with Crippen molar-refractivity contribution in [1.29, 1.82) is 0 Å². The van der Waals surface area contributed by atoms with E-state index < -0.39 is 0 Å². The highest BCUT2D eigenvalue weighted by Crippen LogP contribution is 2.23. The SMILES string of the molecule is C=CCOCC1OC[C@@H](OCC=C)[C@@H](OC)[C@@H]1OCC=C. The molecule has 0 aromatic rings. The molecule has 1 heterocycles. The second-order valence-electron chi connectivity index (χ2n) is 4.65. The van der Waals surface area contributed by atoms with Crippen LogP contribution in [0.2, 0.25) is 0 Å². The van der Waals surface area contributed by atoms with Gasteiger partial charge in [-0.1, -0.05) is 18.2 Å². The standard InChI is InChI=1S/C16H26O5/c1-5-8-18-11-13-16(20-10-7-3)15(17-4)14(12-21-13)19-9-6-2/h5-7,13-16H,1-3,8-12H2,4H3/t13?,14-,15-,16-/m1/s1. The van der Waals surface area contributed by atoms with Gasteiger partial charge < -0.3 is 23.7 Å². The zero-order valence-corrected chi connectivity index (χ0v) is 12.7. The number of ether oxygens (including phenoxy) is 5. The van der Waals surface area contributed by atoms with Gasteiger partial charge in [-0.3, -0.25) is 0 Å². The molecule has 1 unspecified atom stereocenters. The first-order valence-corrected chi connectivity index (χ1v) is 7.06. The van der Waals surface area contributed by atoms with Crippen LogP contribution in [0.25, 0.3) is 0 Å². The van der Waals surface area contributed by atoms with Gasteiger partial charge in [0, 0.05) is 7.11 Å². The first kappa shape index (κ1) is 18.1. The van der Waals surface area contributed by atoms with Crippen molar-refractivity contribution in [3.63, 3.8) is 0 Å². The lowest BCUT2D eigenvalue weighted by atomic mass is 9.99. The van der Waals surface area contributed by atoms with Gasteiger partial charge in [-0.05, 0) is 0 Å². The predicted molar refractivity (Wildman–Crippen MR) is 81.4 cm³/mol. The number of rotatable bonds is 11. The van der Waals surface area contributed by atoms with Gasteiger partial charge in [-0.25, -0.2) is 0 Å². The van der Waals surface area contributed by atoms with E-state index in [1.54, 1.807) is 25.3 Å². The van der Waals surface area contributed by atoms with Gasteiger partial charge in [0.05, 0.1) is 33.0 Å². The molecule has 0 saturated carbocycles. The van der Waals surface area contributed by atoms with E-state index >= 15 is 0 Å². The molecule has 1 aliphatic heterocycles. The van der Waals surface area contributed by atoms with Crippen LogP contribution in [0.4, 0.5) is 0 Å². The maximum Gasteiger partial charge on any atom is 0.115 e. The molecule has 1 fully saturated rings. The summed E-state index contributed by atoms with van der Waals surface area (Å²) in [6.45, 7) is 13.1. The molecule has 21 heavy (non-hydrogen) atoms. The molecule has 0 aromatic carbocycles. The Labute approximate surface area is 127 Å². The molecule has 5 heteroatoms. The summed E-state index contributed by atoms with van der Waals surface area (Å²) >= 11 is 0. The van der Waals surface area contributed by atoms with Gasteiger partial charge in [-0.2, -0.15) is 0 Å². The lowest BCUT2D eigenvalue weighted by molar-refractivity contribution is -0.227. The Morgan fingerprint density at radius 2 is 1.67 bits per heavy atom. The molecule has 1 rings (SSSR count). The van der Waals surface area contributed by atoms with Gasteiger partial charge in [0.2, 0.25) is 0 Å². The smallest absolute Gasteiger partial charge is 0.115 e. The van der Waals surface area contributed by atoms with Gasteiger partial charge >= 0.3 is 0 Å². The highest BCUT2D eigenvalue weighted by atomic mass is 16.6. The predicted octanol–water partition coefficient (Wildman–Crippen LogP) is 1.75. The first-order valence-electron chi connectivity index (χ1n) is 7.06. The van der Waals surface area contributed by atoms with Crippen LogP contribution in [0, 0.1) is 0 Å². The first-order chi connectivity index (χ1) is 10.3. The van der Waals surface area contributed by atoms with Crippen molar-refractivity contribution in [1.82, 2.24) is 0 Å². The number of hydrogen-bond donors (Lipinski definition) is 0. The van der Waals surface area contributed by atoms with E-state index in [1.165, 1.54) is 0 Å². The van der Waals surface area contributed by atoms with Gasteiger partial charge in [0.15, 0.2) is 0 Å². The van der Waals surface area contributed by atoms with Gasteiger partial charge in [0.25, 0.3) is 0 Å². The van der Waals surface area contributed by atoms with Crippen molar-refractivity contribution in [2.75, 3.05) is 40.1 Å². The van der Waals surface area contributed by atoms with Crippen molar-refractivity contribution < 1.29 is 23.7 Å². The lowest BCUT2D eigenvalue weighted by Crippen LogP contribution is -2.57. The van der Waals surface area contributed by atoms with Crippen LogP contribution in [0.3, 0.4) is 0 Å². The largest absolute Gasteiger partial charge is 0.376 e. The van der Waals surface area contributed by atoms with E-state index in [2.05, 4.69) is 19.7 Å². The third-order valence-corrected chi connectivity index (χ3v) is 3.16. The third-order valence-electron chi connectivity index (χ3n) is 3.16. The molecule has 0 bridgehead atoms. The fourth-order valence-corrected chi connectivity index (χ4v) is 2.24. The Hall–Kier alpha value is -0.980. The summed E-state index contributed by atoms with van der Waals surface area (Å²) in [5, 5.41) is 0. The molecule has 1 aliphatic rings. The fraction of sp³-hybridized carbons (Fsp3) is 0.625. The third kappa shape index (κ3) is 5.73. The Morgan fingerprint density at radius 1 is 1.00 bits per heavy atom. The molecule has 120 valence electrons. The Bertz CT molecular complexity index is 318. The van der Waals surface area contributed by atoms with Crippen LogP contribution in [0.1, 0.15) is 0 Å². The number of methoxy groups -OCH3 is 1. The quantitative estimate of drug-likeness (QED) is 0.429. The summed E-state index contributed by atoms with van der Waals surface area (Å²) in [5.41, 5.74) is 0. The van der Waals surface area contributed by atoms with Crippen LogP contribution in [-0.2, 0) is 23.7 Å². The minimum atomic E-state index is -0.276. The molecule has 5 nitrogen and oxygen atoms in total. The van der Waals surface area contributed by atoms with Crippen LogP contribution in [0.5, 0.6) is 0 Å². The lowest BCUT2D eigenvalue weighted by Gasteiger charge is -2.41. The van der Waals surface area contributed by atoms with Gasteiger partial charge in [0.1, 0.15) is 24.4 Å². The molecule has 0 radical (unpaired) electrons. The molecular weight excluding hydrogens is 272 g/mol. The molecule has 1 saturated heterocycles. The average molecular weight is 298 g/mol. The van der Waals surface area contributed by atoms with Crippen LogP contribution in [0.15, 0.2) is 38.0 Å². The van der Waals surface area contributed by atoms with Crippen molar-refractivity contribution in [2.24, 2.45) is 0 Å². The van der Waals surface area contributed by atoms with E-state index in [4.69, 9.17) is 23.7 Å². The highest BCUT2D eigenvalue weighted by molar-refractivity contribution is 4.91. The van der Waals surface area contributed by atoms with E-state index in [0.717, 1.165) is 0 Å². The topological polar surface area (TPSA) is 46.2 Å². The summed E-state index contributed by atoms with van der Waals surface area (Å²) in [7, 11) is 1.65. The van der Waals surface area contributed by atoms with Crippen LogP contribution < -0.4 is 0 Å². The normalized spacial score (nSPS) is 29.0. The van der Waals surface area contributed by atoms with Crippen LogP contribution in [-0.4, -0.2) is 64.6 Å². The molecule has 4 atom stereocenters. The molecule has 0 aliphatic carbocycles. The van der Waals surface area contributed by atoms with Crippen molar-refractivity contribution >= 4 is 0 Å². The Kier molecular flexibility index (Phi) is 9.21. The second-order valence-corrected chi connectivity index (χ2v) is 4.65. The fourth-order valence-electron chi connectivity index (χ4n) is 2.24. The molecular formula is C16H26O5. The summed E-state index contributed by atoms with van der Waals surface area (Å²) < 4.78 is 28.4. The zero-order chi connectivity index (χ0) is 15.5. The van der Waals surface area contributed by atoms with Crippen molar-refractivity contribution in [2.45, 2.75) is 24.4 Å². The van der Waals surface area contributed by atoms with E-state index in [0.29, 0.717) is 33.0 Å². The van der Waals surface area contributed by atoms with E-state index in [1.807, 2.05) is 0 Å². The zero-order valence-electron chi connectivity index (χ0n) is 12.7. The average Bonchev–Trinajstić information content (AvgIpc) is 2.51. The second kappa shape index (κ2) is 10.7. The van der Waals surface area contributed by atoms with E-state index in [-0.39, 0.29) is 24.4 Å².